The molecule has 0 spiro atoms. The fourth-order valence-electron chi connectivity index (χ4n) is 1.08. The van der Waals surface area contributed by atoms with E-state index < -0.39 is 0 Å². The van der Waals surface area contributed by atoms with Gasteiger partial charge in [0.15, 0.2) is 0 Å². The lowest BCUT2D eigenvalue weighted by molar-refractivity contribution is 0.141. The predicted octanol–water partition coefficient (Wildman–Crippen LogP) is 0.299. The average Bonchev–Trinajstić information content (AvgIpc) is 2.25. The van der Waals surface area contributed by atoms with Crippen molar-refractivity contribution >= 4 is 11.9 Å². The van der Waals surface area contributed by atoms with Crippen molar-refractivity contribution in [1.29, 1.82) is 0 Å². The van der Waals surface area contributed by atoms with E-state index in [1.807, 2.05) is 13.8 Å². The number of nitrogens with one attached hydrogen (secondary N) is 1. The van der Waals surface area contributed by atoms with Crippen LogP contribution in [0.4, 0.5) is 11.9 Å². The largest absolute Gasteiger partial charge is 0.467 e. The van der Waals surface area contributed by atoms with Crippen molar-refractivity contribution in [2.24, 2.45) is 0 Å². The van der Waals surface area contributed by atoms with Crippen LogP contribution in [-0.4, -0.2) is 41.3 Å². The van der Waals surface area contributed by atoms with Crippen LogP contribution < -0.4 is 15.8 Å². The van der Waals surface area contributed by atoms with Gasteiger partial charge in [-0.2, -0.15) is 15.0 Å². The smallest absolute Gasteiger partial charge is 0.322 e. The van der Waals surface area contributed by atoms with Gasteiger partial charge in [0.05, 0.1) is 13.7 Å². The van der Waals surface area contributed by atoms with Gasteiger partial charge in [0.1, 0.15) is 0 Å². The summed E-state index contributed by atoms with van der Waals surface area (Å²) in [5, 5.41) is 3.04. The van der Waals surface area contributed by atoms with Crippen molar-refractivity contribution in [1.82, 2.24) is 15.0 Å². The maximum Gasteiger partial charge on any atom is 0.322 e. The number of anilines is 2. The second kappa shape index (κ2) is 6.06. The summed E-state index contributed by atoms with van der Waals surface area (Å²) in [6.07, 6.45) is 0. The minimum Gasteiger partial charge on any atom is -0.467 e. The van der Waals surface area contributed by atoms with Crippen molar-refractivity contribution < 1.29 is 9.47 Å². The van der Waals surface area contributed by atoms with E-state index in [4.69, 9.17) is 15.2 Å². The Morgan fingerprint density at radius 2 is 2.12 bits per heavy atom. The number of aromatic nitrogens is 3. The molecule has 3 N–H and O–H groups in total. The Bertz CT molecular complexity index is 334. The molecule has 0 saturated heterocycles. The molecule has 0 aromatic carbocycles. The summed E-state index contributed by atoms with van der Waals surface area (Å²) < 4.78 is 10.1. The lowest BCUT2D eigenvalue weighted by atomic mass is 10.4. The molecule has 0 fully saturated rings. The summed E-state index contributed by atoms with van der Waals surface area (Å²) >= 11 is 0. The van der Waals surface area contributed by atoms with Crippen LogP contribution >= 0.6 is 0 Å². The Balaban J connectivity index is 2.61. The maximum atomic E-state index is 5.50. The van der Waals surface area contributed by atoms with Crippen LogP contribution in [0.1, 0.15) is 13.8 Å². The number of nitrogen functional groups attached to an aromatic ring is 1. The van der Waals surface area contributed by atoms with E-state index in [-0.39, 0.29) is 18.0 Å². The molecule has 1 atom stereocenters. The van der Waals surface area contributed by atoms with Gasteiger partial charge in [0.2, 0.25) is 11.9 Å². The SMILES string of the molecule is CCOCC(C)Nc1nc(N)nc(OC)n1. The van der Waals surface area contributed by atoms with E-state index in [1.54, 1.807) is 0 Å². The lowest BCUT2D eigenvalue weighted by Crippen LogP contribution is -2.23. The van der Waals surface area contributed by atoms with Crippen LogP contribution in [0.25, 0.3) is 0 Å². The molecule has 90 valence electrons. The number of nitrogens with zero attached hydrogens (tertiary/aromatic N) is 3. The highest BCUT2D eigenvalue weighted by Crippen LogP contribution is 2.09. The zero-order valence-electron chi connectivity index (χ0n) is 9.73. The summed E-state index contributed by atoms with van der Waals surface area (Å²) in [6.45, 7) is 5.15. The number of nitrogens with two attached hydrogens (primary N) is 1. The van der Waals surface area contributed by atoms with Gasteiger partial charge in [-0.25, -0.2) is 0 Å². The summed E-state index contributed by atoms with van der Waals surface area (Å²) in [7, 11) is 1.47. The molecular formula is C9H17N5O2. The number of ether oxygens (including phenoxy) is 2. The zero-order chi connectivity index (χ0) is 12.0. The Morgan fingerprint density at radius 3 is 2.75 bits per heavy atom. The monoisotopic (exact) mass is 227 g/mol. The summed E-state index contributed by atoms with van der Waals surface area (Å²) in [6, 6.07) is 0.282. The molecule has 1 rings (SSSR count). The van der Waals surface area contributed by atoms with Crippen LogP contribution in [0.15, 0.2) is 0 Å². The minimum atomic E-state index is 0.0893. The second-order valence-electron chi connectivity index (χ2n) is 3.21. The number of hydrogen-bond acceptors (Lipinski definition) is 7. The Hall–Kier alpha value is -1.63. The van der Waals surface area contributed by atoms with Crippen molar-refractivity contribution in [2.75, 3.05) is 31.4 Å². The van der Waals surface area contributed by atoms with Crippen LogP contribution in [0.3, 0.4) is 0 Å². The first-order valence-corrected chi connectivity index (χ1v) is 5.05. The predicted molar refractivity (Wildman–Crippen MR) is 60.4 cm³/mol. The molecule has 0 saturated carbocycles. The van der Waals surface area contributed by atoms with Gasteiger partial charge in [0.25, 0.3) is 0 Å². The first-order valence-electron chi connectivity index (χ1n) is 5.05. The van der Waals surface area contributed by atoms with Crippen molar-refractivity contribution in [3.05, 3.63) is 0 Å². The summed E-state index contributed by atoms with van der Waals surface area (Å²) in [5.74, 6) is 0.509. The van der Waals surface area contributed by atoms with Crippen LogP contribution in [0.5, 0.6) is 6.01 Å². The normalized spacial score (nSPS) is 12.2. The third-order valence-corrected chi connectivity index (χ3v) is 1.76. The molecule has 7 nitrogen and oxygen atoms in total. The molecule has 1 aromatic heterocycles. The van der Waals surface area contributed by atoms with Crippen LogP contribution in [0.2, 0.25) is 0 Å². The van der Waals surface area contributed by atoms with E-state index >= 15 is 0 Å². The van der Waals surface area contributed by atoms with E-state index in [9.17, 15) is 0 Å². The molecular weight excluding hydrogens is 210 g/mol. The molecule has 1 heterocycles. The van der Waals surface area contributed by atoms with Gasteiger partial charge in [-0.05, 0) is 13.8 Å². The van der Waals surface area contributed by atoms with Crippen molar-refractivity contribution in [3.63, 3.8) is 0 Å². The van der Waals surface area contributed by atoms with E-state index in [0.717, 1.165) is 0 Å². The van der Waals surface area contributed by atoms with Crippen LogP contribution in [-0.2, 0) is 4.74 Å². The van der Waals surface area contributed by atoms with Gasteiger partial charge in [-0.15, -0.1) is 0 Å². The molecule has 7 heteroatoms. The molecule has 0 aliphatic heterocycles. The first kappa shape index (κ1) is 12.4. The average molecular weight is 227 g/mol. The number of methoxy groups -OCH3 is 1. The topological polar surface area (TPSA) is 95.2 Å². The molecule has 0 bridgehead atoms. The first-order chi connectivity index (χ1) is 7.65. The highest BCUT2D eigenvalue weighted by atomic mass is 16.5. The Labute approximate surface area is 94.4 Å². The maximum absolute atomic E-state index is 5.50. The molecule has 0 amide bonds. The van der Waals surface area contributed by atoms with Gasteiger partial charge in [-0.1, -0.05) is 0 Å². The van der Waals surface area contributed by atoms with E-state index in [2.05, 4.69) is 20.3 Å². The quantitative estimate of drug-likeness (QED) is 0.721. The molecule has 0 radical (unpaired) electrons. The van der Waals surface area contributed by atoms with Crippen molar-refractivity contribution in [2.45, 2.75) is 19.9 Å². The number of hydrogen-bond donors (Lipinski definition) is 2. The standard InChI is InChI=1S/C9H17N5O2/c1-4-16-5-6(2)11-8-12-7(10)13-9(14-8)15-3/h6H,4-5H2,1-3H3,(H3,10,11,12,13,14). The van der Waals surface area contributed by atoms with Gasteiger partial charge in [-0.3, -0.25) is 0 Å². The third-order valence-electron chi connectivity index (χ3n) is 1.76. The molecule has 0 aliphatic carbocycles. The highest BCUT2D eigenvalue weighted by Gasteiger charge is 2.07. The second-order valence-corrected chi connectivity index (χ2v) is 3.21. The fourth-order valence-corrected chi connectivity index (χ4v) is 1.08. The molecule has 1 unspecified atom stereocenters. The summed E-state index contributed by atoms with van der Waals surface area (Å²) in [4.78, 5) is 11.7. The van der Waals surface area contributed by atoms with Crippen LogP contribution in [0, 0.1) is 0 Å². The van der Waals surface area contributed by atoms with E-state index in [1.165, 1.54) is 7.11 Å². The zero-order valence-corrected chi connectivity index (χ0v) is 9.73. The fraction of sp³-hybridized carbons (Fsp3) is 0.667. The number of rotatable bonds is 6. The molecule has 1 aromatic rings. The lowest BCUT2D eigenvalue weighted by Gasteiger charge is -2.13. The third kappa shape index (κ3) is 3.85. The van der Waals surface area contributed by atoms with Gasteiger partial charge in [0, 0.05) is 12.6 Å². The highest BCUT2D eigenvalue weighted by molar-refractivity contribution is 5.33. The summed E-state index contributed by atoms with van der Waals surface area (Å²) in [5.41, 5.74) is 5.50. The Kier molecular flexibility index (Phi) is 4.71. The molecule has 0 aliphatic rings. The minimum absolute atomic E-state index is 0.0893. The molecule has 16 heavy (non-hydrogen) atoms. The van der Waals surface area contributed by atoms with Gasteiger partial charge < -0.3 is 20.5 Å². The van der Waals surface area contributed by atoms with E-state index in [0.29, 0.717) is 19.2 Å². The van der Waals surface area contributed by atoms with Crippen molar-refractivity contribution in [3.8, 4) is 6.01 Å². The Morgan fingerprint density at radius 1 is 1.38 bits per heavy atom. The van der Waals surface area contributed by atoms with Gasteiger partial charge >= 0.3 is 6.01 Å².